The molecule has 96 valence electrons. The number of alkyl halides is 7. The summed E-state index contributed by atoms with van der Waals surface area (Å²) in [5.41, 5.74) is 0.858. The normalized spacial score (nSPS) is 37.6. The summed E-state index contributed by atoms with van der Waals surface area (Å²) >= 11 is 43.8. The Hall–Kier alpha value is 1.51. The standard InChI is InChI=1S/C10H7Cl7/c1-5-6-3-2-4-7(11,12)8(6,13)10(16,17)9(5,14)15/h3H,1-2,4H2. The van der Waals surface area contributed by atoms with E-state index in [0.717, 1.165) is 0 Å². The molecule has 0 bridgehead atoms. The van der Waals surface area contributed by atoms with Crippen LogP contribution in [-0.4, -0.2) is 17.9 Å². The Bertz CT molecular complexity index is 420. The molecule has 0 aliphatic heterocycles. The van der Waals surface area contributed by atoms with Gasteiger partial charge >= 0.3 is 0 Å². The average molecular weight is 375 g/mol. The van der Waals surface area contributed by atoms with E-state index in [9.17, 15) is 0 Å². The highest BCUT2D eigenvalue weighted by Crippen LogP contribution is 2.72. The first kappa shape index (κ1) is 14.9. The number of halogens is 7. The predicted octanol–water partition coefficient (Wildman–Crippen LogP) is 5.78. The van der Waals surface area contributed by atoms with Crippen LogP contribution in [-0.2, 0) is 0 Å². The molecular weight excluding hydrogens is 368 g/mol. The highest BCUT2D eigenvalue weighted by Gasteiger charge is 2.76. The highest BCUT2D eigenvalue weighted by atomic mass is 35.5. The van der Waals surface area contributed by atoms with Crippen LogP contribution in [0.1, 0.15) is 12.8 Å². The molecule has 0 aromatic rings. The van der Waals surface area contributed by atoms with E-state index in [1.165, 1.54) is 0 Å². The van der Waals surface area contributed by atoms with Crippen molar-refractivity contribution in [1.29, 1.82) is 0 Å². The van der Waals surface area contributed by atoms with Crippen molar-refractivity contribution < 1.29 is 0 Å². The Morgan fingerprint density at radius 3 is 2.00 bits per heavy atom. The topological polar surface area (TPSA) is 0 Å². The summed E-state index contributed by atoms with van der Waals surface area (Å²) < 4.78 is -4.77. The van der Waals surface area contributed by atoms with E-state index in [0.29, 0.717) is 24.0 Å². The first-order valence-electron chi connectivity index (χ1n) is 4.73. The number of fused-ring (bicyclic) bond motifs is 1. The van der Waals surface area contributed by atoms with Crippen molar-refractivity contribution in [2.24, 2.45) is 0 Å². The molecule has 0 saturated heterocycles. The fourth-order valence-electron chi connectivity index (χ4n) is 2.21. The van der Waals surface area contributed by atoms with Crippen LogP contribution >= 0.6 is 81.2 Å². The van der Waals surface area contributed by atoms with Crippen molar-refractivity contribution in [2.45, 2.75) is 30.7 Å². The zero-order valence-corrected chi connectivity index (χ0v) is 13.6. The summed E-state index contributed by atoms with van der Waals surface area (Å²) in [7, 11) is 0. The summed E-state index contributed by atoms with van der Waals surface area (Å²) in [6, 6.07) is 0. The molecule has 0 nitrogen and oxygen atoms in total. The second-order valence-electron chi connectivity index (χ2n) is 4.15. The molecule has 0 heterocycles. The molecule has 0 N–H and O–H groups in total. The zero-order chi connectivity index (χ0) is 13.3. The first-order valence-corrected chi connectivity index (χ1v) is 7.37. The van der Waals surface area contributed by atoms with Crippen LogP contribution in [0.15, 0.2) is 23.8 Å². The molecular formula is C10H7Cl7. The van der Waals surface area contributed by atoms with E-state index in [4.69, 9.17) is 81.2 Å². The van der Waals surface area contributed by atoms with Gasteiger partial charge in [0.1, 0.15) is 9.21 Å². The summed E-state index contributed by atoms with van der Waals surface area (Å²) in [6.45, 7) is 3.79. The fourth-order valence-corrected chi connectivity index (χ4v) is 4.88. The molecule has 0 radical (unpaired) electrons. The molecule has 0 spiro atoms. The van der Waals surface area contributed by atoms with Crippen LogP contribution in [0.4, 0.5) is 0 Å². The molecule has 1 unspecified atom stereocenters. The van der Waals surface area contributed by atoms with Gasteiger partial charge in [0.05, 0.1) is 0 Å². The van der Waals surface area contributed by atoms with Crippen molar-refractivity contribution in [3.63, 3.8) is 0 Å². The first-order chi connectivity index (χ1) is 7.50. The van der Waals surface area contributed by atoms with Gasteiger partial charge in [-0.25, -0.2) is 0 Å². The van der Waals surface area contributed by atoms with Crippen LogP contribution in [0.3, 0.4) is 0 Å². The smallest absolute Gasteiger partial charge is 0.107 e. The predicted molar refractivity (Wildman–Crippen MR) is 78.4 cm³/mol. The monoisotopic (exact) mass is 372 g/mol. The molecule has 1 saturated carbocycles. The van der Waals surface area contributed by atoms with Gasteiger partial charge in [0, 0.05) is 0 Å². The maximum atomic E-state index is 6.51. The third kappa shape index (κ3) is 1.59. The zero-order valence-electron chi connectivity index (χ0n) is 8.34. The lowest BCUT2D eigenvalue weighted by molar-refractivity contribution is 0.498. The van der Waals surface area contributed by atoms with Gasteiger partial charge in [-0.2, -0.15) is 0 Å². The largest absolute Gasteiger partial charge is 0.181 e. The molecule has 2 rings (SSSR count). The third-order valence-corrected chi connectivity index (χ3v) is 7.90. The van der Waals surface area contributed by atoms with E-state index in [1.807, 2.05) is 6.08 Å². The van der Waals surface area contributed by atoms with E-state index in [2.05, 4.69) is 6.58 Å². The SMILES string of the molecule is C=C1C2=CCCC(Cl)(Cl)C2(Cl)C(Cl)(Cl)C1(Cl)Cl. The van der Waals surface area contributed by atoms with Gasteiger partial charge in [-0.05, 0) is 24.0 Å². The Balaban J connectivity index is 2.75. The van der Waals surface area contributed by atoms with Crippen LogP contribution < -0.4 is 0 Å². The molecule has 1 fully saturated rings. The van der Waals surface area contributed by atoms with E-state index in [1.54, 1.807) is 0 Å². The number of rotatable bonds is 0. The fraction of sp³-hybridized carbons (Fsp3) is 0.600. The number of allylic oxidation sites excluding steroid dienone is 3. The minimum Gasteiger partial charge on any atom is -0.107 e. The summed E-state index contributed by atoms with van der Waals surface area (Å²) in [5.74, 6) is 0. The van der Waals surface area contributed by atoms with E-state index >= 15 is 0 Å². The average Bonchev–Trinajstić information content (AvgIpc) is 2.28. The van der Waals surface area contributed by atoms with Gasteiger partial charge in [0.25, 0.3) is 0 Å². The highest BCUT2D eigenvalue weighted by molar-refractivity contribution is 6.70. The van der Waals surface area contributed by atoms with Crippen molar-refractivity contribution >= 4 is 81.2 Å². The van der Waals surface area contributed by atoms with Crippen LogP contribution in [0.5, 0.6) is 0 Å². The number of hydrogen-bond acceptors (Lipinski definition) is 0. The maximum absolute atomic E-state index is 6.51. The second-order valence-corrected chi connectivity index (χ2v) is 8.85. The Morgan fingerprint density at radius 1 is 1.00 bits per heavy atom. The molecule has 0 aromatic heterocycles. The van der Waals surface area contributed by atoms with Crippen LogP contribution in [0.2, 0.25) is 0 Å². The van der Waals surface area contributed by atoms with Gasteiger partial charge in [-0.1, -0.05) is 82.3 Å². The Morgan fingerprint density at radius 2 is 1.53 bits per heavy atom. The van der Waals surface area contributed by atoms with Gasteiger partial charge in [0.15, 0.2) is 8.67 Å². The van der Waals surface area contributed by atoms with E-state index < -0.39 is 17.9 Å². The van der Waals surface area contributed by atoms with Gasteiger partial charge < -0.3 is 0 Å². The van der Waals surface area contributed by atoms with Crippen LogP contribution in [0, 0.1) is 0 Å². The summed E-state index contributed by atoms with van der Waals surface area (Å²) in [6.07, 6.45) is 2.86. The minimum absolute atomic E-state index is 0.339. The van der Waals surface area contributed by atoms with Gasteiger partial charge in [-0.3, -0.25) is 0 Å². The van der Waals surface area contributed by atoms with Crippen molar-refractivity contribution in [3.05, 3.63) is 23.8 Å². The second kappa shape index (κ2) is 4.01. The van der Waals surface area contributed by atoms with Crippen molar-refractivity contribution in [1.82, 2.24) is 0 Å². The molecule has 7 heteroatoms. The maximum Gasteiger partial charge on any atom is 0.181 e. The molecule has 0 amide bonds. The molecule has 2 aliphatic rings. The van der Waals surface area contributed by atoms with Crippen molar-refractivity contribution in [3.8, 4) is 0 Å². The van der Waals surface area contributed by atoms with Gasteiger partial charge in [-0.15, -0.1) is 11.6 Å². The van der Waals surface area contributed by atoms with Gasteiger partial charge in [0.2, 0.25) is 0 Å². The van der Waals surface area contributed by atoms with E-state index in [-0.39, 0.29) is 0 Å². The third-order valence-electron chi connectivity index (χ3n) is 3.21. The lowest BCUT2D eigenvalue weighted by Gasteiger charge is -2.45. The molecule has 1 atom stereocenters. The molecule has 17 heavy (non-hydrogen) atoms. The quantitative estimate of drug-likeness (QED) is 0.471. The molecule has 2 aliphatic carbocycles. The van der Waals surface area contributed by atoms with Crippen LogP contribution in [0.25, 0.3) is 0 Å². The van der Waals surface area contributed by atoms with Crippen molar-refractivity contribution in [2.75, 3.05) is 0 Å². The Kier molecular flexibility index (Phi) is 3.51. The minimum atomic E-state index is -1.77. The summed E-state index contributed by atoms with van der Waals surface area (Å²) in [4.78, 5) is -1.48. The lowest BCUT2D eigenvalue weighted by Crippen LogP contribution is -2.56. The number of hydrogen-bond donors (Lipinski definition) is 0. The summed E-state index contributed by atoms with van der Waals surface area (Å²) in [5, 5.41) is 0. The lowest BCUT2D eigenvalue weighted by atomic mass is 9.87. The molecule has 0 aromatic carbocycles. The Labute approximate surface area is 135 Å².